The monoisotopic (exact) mass is 295 g/mol. The molecule has 1 unspecified atom stereocenters. The third-order valence-electron chi connectivity index (χ3n) is 3.69. The van der Waals surface area contributed by atoms with Crippen LogP contribution < -0.4 is 5.32 Å². The van der Waals surface area contributed by atoms with Gasteiger partial charge in [-0.25, -0.2) is 0 Å². The van der Waals surface area contributed by atoms with Crippen molar-refractivity contribution >= 4 is 17.8 Å². The van der Waals surface area contributed by atoms with Crippen LogP contribution in [0.15, 0.2) is 0 Å². The molecule has 1 aliphatic heterocycles. The highest BCUT2D eigenvalue weighted by atomic mass is 16.5. The summed E-state index contributed by atoms with van der Waals surface area (Å²) in [5, 5.41) is 10.4. The zero-order chi connectivity index (χ0) is 15.4. The van der Waals surface area contributed by atoms with Gasteiger partial charge < -0.3 is 14.2 Å². The molecule has 0 spiro atoms. The maximum Gasteiger partial charge on any atom is 0.252 e. The van der Waals surface area contributed by atoms with Crippen molar-refractivity contribution in [3.05, 3.63) is 5.82 Å². The number of hydrogen-bond acceptors (Lipinski definition) is 5. The summed E-state index contributed by atoms with van der Waals surface area (Å²) < 4.78 is 6.87. The molecule has 1 aromatic heterocycles. The molecule has 2 amide bonds. The highest BCUT2D eigenvalue weighted by Gasteiger charge is 2.28. The van der Waals surface area contributed by atoms with Crippen LogP contribution in [0.3, 0.4) is 0 Å². The van der Waals surface area contributed by atoms with E-state index in [0.717, 1.165) is 12.8 Å². The fourth-order valence-corrected chi connectivity index (χ4v) is 2.30. The third-order valence-corrected chi connectivity index (χ3v) is 3.69. The van der Waals surface area contributed by atoms with Crippen molar-refractivity contribution in [3.8, 4) is 0 Å². The second kappa shape index (κ2) is 6.66. The molecule has 116 valence electrons. The van der Waals surface area contributed by atoms with E-state index in [-0.39, 0.29) is 18.4 Å². The van der Waals surface area contributed by atoms with Crippen LogP contribution in [-0.2, 0) is 21.4 Å². The van der Waals surface area contributed by atoms with Crippen molar-refractivity contribution in [2.75, 3.05) is 25.5 Å². The quantitative estimate of drug-likeness (QED) is 0.850. The molecule has 21 heavy (non-hydrogen) atoms. The minimum Gasteiger partial charge on any atom is -0.372 e. The lowest BCUT2D eigenvalue weighted by Gasteiger charge is -2.22. The fraction of sp³-hybridized carbons (Fsp3) is 0.692. The van der Waals surface area contributed by atoms with Crippen LogP contribution in [0.1, 0.15) is 25.1 Å². The summed E-state index contributed by atoms with van der Waals surface area (Å²) in [5.74, 6) is 0.675. The van der Waals surface area contributed by atoms with Crippen molar-refractivity contribution in [2.45, 2.75) is 32.3 Å². The Bertz CT molecular complexity index is 528. The first-order valence-corrected chi connectivity index (χ1v) is 7.00. The molecule has 1 saturated heterocycles. The van der Waals surface area contributed by atoms with Gasteiger partial charge in [0.15, 0.2) is 0 Å². The summed E-state index contributed by atoms with van der Waals surface area (Å²) in [4.78, 5) is 25.8. The van der Waals surface area contributed by atoms with E-state index in [2.05, 4.69) is 15.5 Å². The maximum atomic E-state index is 12.2. The molecule has 2 rings (SSSR count). The van der Waals surface area contributed by atoms with Crippen LogP contribution in [-0.4, -0.2) is 57.8 Å². The number of amides is 2. The Morgan fingerprint density at radius 2 is 2.19 bits per heavy atom. The van der Waals surface area contributed by atoms with E-state index in [1.165, 1.54) is 7.11 Å². The molecule has 0 bridgehead atoms. The highest BCUT2D eigenvalue weighted by Crippen LogP contribution is 2.14. The molecule has 0 saturated carbocycles. The number of carbonyl (C=O) groups excluding carboxylic acids is 2. The van der Waals surface area contributed by atoms with E-state index in [0.29, 0.717) is 24.7 Å². The average Bonchev–Trinajstić information content (AvgIpc) is 2.67. The summed E-state index contributed by atoms with van der Waals surface area (Å²) in [6.07, 6.45) is 2.06. The molecule has 0 aromatic carbocycles. The van der Waals surface area contributed by atoms with Crippen molar-refractivity contribution in [3.63, 3.8) is 0 Å². The van der Waals surface area contributed by atoms with Gasteiger partial charge in [0.05, 0.1) is 0 Å². The largest absolute Gasteiger partial charge is 0.372 e. The Labute approximate surface area is 123 Å². The first-order chi connectivity index (χ1) is 10.0. The second-order valence-corrected chi connectivity index (χ2v) is 5.16. The van der Waals surface area contributed by atoms with Crippen LogP contribution in [0.2, 0.25) is 0 Å². The van der Waals surface area contributed by atoms with E-state index in [1.54, 1.807) is 23.4 Å². The summed E-state index contributed by atoms with van der Waals surface area (Å²) >= 11 is 0. The lowest BCUT2D eigenvalue weighted by Crippen LogP contribution is -2.43. The van der Waals surface area contributed by atoms with E-state index in [9.17, 15) is 9.59 Å². The van der Waals surface area contributed by atoms with Gasteiger partial charge in [-0.15, -0.1) is 10.2 Å². The molecule has 8 heteroatoms. The smallest absolute Gasteiger partial charge is 0.252 e. The number of anilines is 1. The number of nitrogens with zero attached hydrogens (tertiary/aromatic N) is 4. The lowest BCUT2D eigenvalue weighted by atomic mass is 10.2. The number of rotatable bonds is 4. The van der Waals surface area contributed by atoms with Gasteiger partial charge in [0.2, 0.25) is 11.9 Å². The van der Waals surface area contributed by atoms with Crippen molar-refractivity contribution < 1.29 is 14.3 Å². The topological polar surface area (TPSA) is 89.3 Å². The number of hydrogen-bond donors (Lipinski definition) is 1. The average molecular weight is 295 g/mol. The van der Waals surface area contributed by atoms with E-state index >= 15 is 0 Å². The van der Waals surface area contributed by atoms with Gasteiger partial charge in [0.25, 0.3) is 5.91 Å². The van der Waals surface area contributed by atoms with Crippen molar-refractivity contribution in [1.29, 1.82) is 0 Å². The van der Waals surface area contributed by atoms with Crippen LogP contribution in [0, 0.1) is 6.92 Å². The van der Waals surface area contributed by atoms with Crippen LogP contribution in [0.4, 0.5) is 5.95 Å². The summed E-state index contributed by atoms with van der Waals surface area (Å²) in [7, 11) is 3.29. The van der Waals surface area contributed by atoms with Crippen LogP contribution in [0.25, 0.3) is 0 Å². The molecule has 0 aliphatic carbocycles. The second-order valence-electron chi connectivity index (χ2n) is 5.16. The standard InChI is InChI=1S/C13H21N5O3/c1-9-15-16-13(17(9)2)14-11(19)8-18-7-5-4-6-10(21-3)12(18)20/h10H,4-8H2,1-3H3,(H,14,16,19). The van der Waals surface area contributed by atoms with Gasteiger partial charge in [-0.3, -0.25) is 14.9 Å². The predicted molar refractivity (Wildman–Crippen MR) is 75.6 cm³/mol. The summed E-state index contributed by atoms with van der Waals surface area (Å²) in [5.41, 5.74) is 0. The number of aromatic nitrogens is 3. The molecule has 1 N–H and O–H groups in total. The molecule has 2 heterocycles. The molecule has 8 nitrogen and oxygen atoms in total. The number of aryl methyl sites for hydroxylation is 1. The minimum atomic E-state index is -0.447. The number of ether oxygens (including phenoxy) is 1. The molecular weight excluding hydrogens is 274 g/mol. The normalized spacial score (nSPS) is 19.5. The number of nitrogens with one attached hydrogen (secondary N) is 1. The molecule has 0 radical (unpaired) electrons. The Morgan fingerprint density at radius 1 is 1.43 bits per heavy atom. The Hall–Kier alpha value is -1.96. The van der Waals surface area contributed by atoms with E-state index in [1.807, 2.05) is 0 Å². The zero-order valence-corrected chi connectivity index (χ0v) is 12.6. The van der Waals surface area contributed by atoms with E-state index in [4.69, 9.17) is 4.74 Å². The Kier molecular flexibility index (Phi) is 4.89. The Morgan fingerprint density at radius 3 is 2.81 bits per heavy atom. The first kappa shape index (κ1) is 15.4. The summed E-state index contributed by atoms with van der Waals surface area (Å²) in [6.45, 7) is 2.37. The first-order valence-electron chi connectivity index (χ1n) is 7.00. The predicted octanol–water partition coefficient (Wildman–Crippen LogP) is 0.0895. The minimum absolute atomic E-state index is 0.00456. The molecule has 1 aliphatic rings. The van der Waals surface area contributed by atoms with Crippen molar-refractivity contribution in [2.24, 2.45) is 7.05 Å². The lowest BCUT2D eigenvalue weighted by molar-refractivity contribution is -0.143. The van der Waals surface area contributed by atoms with Gasteiger partial charge in [-0.2, -0.15) is 0 Å². The fourth-order valence-electron chi connectivity index (χ4n) is 2.30. The molecule has 1 fully saturated rings. The zero-order valence-electron chi connectivity index (χ0n) is 12.6. The molecular formula is C13H21N5O3. The van der Waals surface area contributed by atoms with Gasteiger partial charge in [-0.05, 0) is 26.2 Å². The summed E-state index contributed by atoms with van der Waals surface area (Å²) in [6, 6.07) is 0. The molecule has 1 atom stereocenters. The van der Waals surface area contributed by atoms with Crippen LogP contribution >= 0.6 is 0 Å². The van der Waals surface area contributed by atoms with Crippen molar-refractivity contribution in [1.82, 2.24) is 19.7 Å². The number of likely N-dealkylation sites (tertiary alicyclic amines) is 1. The van der Waals surface area contributed by atoms with Gasteiger partial charge in [-0.1, -0.05) is 0 Å². The van der Waals surface area contributed by atoms with Gasteiger partial charge in [0.1, 0.15) is 18.5 Å². The van der Waals surface area contributed by atoms with Crippen LogP contribution in [0.5, 0.6) is 0 Å². The number of carbonyl (C=O) groups is 2. The third kappa shape index (κ3) is 3.57. The Balaban J connectivity index is 1.97. The maximum absolute atomic E-state index is 12.2. The van der Waals surface area contributed by atoms with E-state index < -0.39 is 6.10 Å². The van der Waals surface area contributed by atoms with Gasteiger partial charge >= 0.3 is 0 Å². The highest BCUT2D eigenvalue weighted by molar-refractivity contribution is 5.94. The SMILES string of the molecule is COC1CCCCN(CC(=O)Nc2nnc(C)n2C)C1=O. The number of methoxy groups -OCH3 is 1. The molecule has 1 aromatic rings. The van der Waals surface area contributed by atoms with Gasteiger partial charge in [0, 0.05) is 20.7 Å².